The summed E-state index contributed by atoms with van der Waals surface area (Å²) in [6, 6.07) is 13.2. The highest BCUT2D eigenvalue weighted by Gasteiger charge is 2.11. The van der Waals surface area contributed by atoms with E-state index in [0.717, 1.165) is 18.8 Å². The van der Waals surface area contributed by atoms with Crippen molar-refractivity contribution in [2.75, 3.05) is 29.9 Å². The number of carbonyl (C=O) groups is 1. The first-order chi connectivity index (χ1) is 14.5. The van der Waals surface area contributed by atoms with Crippen molar-refractivity contribution in [3.63, 3.8) is 0 Å². The lowest BCUT2D eigenvalue weighted by molar-refractivity contribution is -0.119. The Hall–Kier alpha value is -2.02. The normalized spacial score (nSPS) is 13.6. The van der Waals surface area contributed by atoms with E-state index in [2.05, 4.69) is 27.7 Å². The van der Waals surface area contributed by atoms with Crippen molar-refractivity contribution in [1.82, 2.24) is 5.32 Å². The molecule has 5 nitrogen and oxygen atoms in total. The number of amides is 1. The number of nitrogens with zero attached hydrogens (tertiary/aromatic N) is 1. The molecule has 0 unspecified atom stereocenters. The molecule has 1 heterocycles. The van der Waals surface area contributed by atoms with Gasteiger partial charge in [0.05, 0.1) is 11.6 Å². The highest BCUT2D eigenvalue weighted by Crippen LogP contribution is 2.27. The van der Waals surface area contributed by atoms with E-state index in [1.165, 1.54) is 24.9 Å². The number of halogens is 2. The third-order valence-corrected chi connectivity index (χ3v) is 5.53. The van der Waals surface area contributed by atoms with Gasteiger partial charge in [-0.25, -0.2) is 0 Å². The maximum absolute atomic E-state index is 12.1. The summed E-state index contributed by atoms with van der Waals surface area (Å²) in [5.74, 6) is 0.384. The Kier molecular flexibility index (Phi) is 8.61. The Balaban J connectivity index is 1.36. The smallest absolute Gasteiger partial charge is 0.226 e. The molecule has 2 N–H and O–H groups in total. The number of thiocarbonyl (C=S) groups is 1. The van der Waals surface area contributed by atoms with Crippen LogP contribution in [0.4, 0.5) is 11.4 Å². The predicted molar refractivity (Wildman–Crippen MR) is 128 cm³/mol. The van der Waals surface area contributed by atoms with Gasteiger partial charge in [0.2, 0.25) is 5.91 Å². The lowest BCUT2D eigenvalue weighted by Gasteiger charge is -2.28. The van der Waals surface area contributed by atoms with Crippen LogP contribution >= 0.6 is 35.4 Å². The lowest BCUT2D eigenvalue weighted by atomic mass is 10.1. The first-order valence-electron chi connectivity index (χ1n) is 10.0. The van der Waals surface area contributed by atoms with Gasteiger partial charge in [0, 0.05) is 35.9 Å². The van der Waals surface area contributed by atoms with Crippen LogP contribution in [0.25, 0.3) is 0 Å². The molecule has 30 heavy (non-hydrogen) atoms. The van der Waals surface area contributed by atoms with E-state index in [-0.39, 0.29) is 11.0 Å². The molecule has 0 aliphatic carbocycles. The Morgan fingerprint density at radius 1 is 1.07 bits per heavy atom. The van der Waals surface area contributed by atoms with Gasteiger partial charge in [0.15, 0.2) is 5.11 Å². The second kappa shape index (κ2) is 11.4. The number of carbonyl (C=O) groups excluding carboxylic acids is 1. The van der Waals surface area contributed by atoms with Crippen molar-refractivity contribution in [2.24, 2.45) is 0 Å². The molecule has 1 fully saturated rings. The molecule has 8 heteroatoms. The SMILES string of the molecule is O=C(CCCOc1ccc(Cl)cc1Cl)NC(=S)Nc1ccc(N2CCCCC2)cc1. The third kappa shape index (κ3) is 7.04. The molecule has 2 aromatic rings. The zero-order chi connectivity index (χ0) is 21.3. The molecular weight excluding hydrogens is 441 g/mol. The Bertz CT molecular complexity index is 871. The quantitative estimate of drug-likeness (QED) is 0.408. The number of ether oxygens (including phenoxy) is 1. The summed E-state index contributed by atoms with van der Waals surface area (Å²) >= 11 is 17.2. The number of hydrogen-bond donors (Lipinski definition) is 2. The maximum atomic E-state index is 12.1. The van der Waals surface area contributed by atoms with Crippen molar-refractivity contribution in [1.29, 1.82) is 0 Å². The van der Waals surface area contributed by atoms with Crippen LogP contribution in [0.15, 0.2) is 42.5 Å². The summed E-state index contributed by atoms with van der Waals surface area (Å²) in [6.45, 7) is 2.58. The fourth-order valence-corrected chi connectivity index (χ4v) is 3.96. The van der Waals surface area contributed by atoms with Crippen molar-refractivity contribution < 1.29 is 9.53 Å². The van der Waals surface area contributed by atoms with E-state index in [1.807, 2.05) is 12.1 Å². The first-order valence-corrected chi connectivity index (χ1v) is 11.2. The van der Waals surface area contributed by atoms with Crippen LogP contribution in [0.2, 0.25) is 10.0 Å². The highest BCUT2D eigenvalue weighted by molar-refractivity contribution is 7.80. The van der Waals surface area contributed by atoms with E-state index < -0.39 is 0 Å². The molecule has 1 aliphatic rings. The van der Waals surface area contributed by atoms with E-state index in [9.17, 15) is 4.79 Å². The summed E-state index contributed by atoms with van der Waals surface area (Å²) < 4.78 is 5.58. The molecule has 0 saturated carbocycles. The monoisotopic (exact) mass is 465 g/mol. The molecule has 1 aliphatic heterocycles. The van der Waals surface area contributed by atoms with Gasteiger partial charge in [-0.15, -0.1) is 0 Å². The number of nitrogens with one attached hydrogen (secondary N) is 2. The largest absolute Gasteiger partial charge is 0.492 e. The minimum absolute atomic E-state index is 0.164. The van der Waals surface area contributed by atoms with Gasteiger partial charge >= 0.3 is 0 Å². The van der Waals surface area contributed by atoms with Crippen molar-refractivity contribution in [2.45, 2.75) is 32.1 Å². The molecule has 0 aromatic heterocycles. The van der Waals surface area contributed by atoms with Gasteiger partial charge < -0.3 is 20.3 Å². The van der Waals surface area contributed by atoms with E-state index in [4.69, 9.17) is 40.2 Å². The number of hydrogen-bond acceptors (Lipinski definition) is 4. The Morgan fingerprint density at radius 3 is 2.50 bits per heavy atom. The molecular formula is C22H25Cl2N3O2S. The lowest BCUT2D eigenvalue weighted by Crippen LogP contribution is -2.34. The highest BCUT2D eigenvalue weighted by atomic mass is 35.5. The Labute approximate surface area is 192 Å². The summed E-state index contributed by atoms with van der Waals surface area (Å²) in [5.41, 5.74) is 2.07. The molecule has 1 saturated heterocycles. The first kappa shape index (κ1) is 22.7. The van der Waals surface area contributed by atoms with Crippen LogP contribution in [-0.4, -0.2) is 30.7 Å². The van der Waals surface area contributed by atoms with Crippen molar-refractivity contribution >= 4 is 57.8 Å². The number of benzene rings is 2. The van der Waals surface area contributed by atoms with Crippen LogP contribution in [0.3, 0.4) is 0 Å². The topological polar surface area (TPSA) is 53.6 Å². The van der Waals surface area contributed by atoms with Crippen LogP contribution in [0.1, 0.15) is 32.1 Å². The molecule has 160 valence electrons. The molecule has 0 radical (unpaired) electrons. The van der Waals surface area contributed by atoms with E-state index in [1.54, 1.807) is 18.2 Å². The number of piperidine rings is 1. The molecule has 0 atom stereocenters. The van der Waals surface area contributed by atoms with Crippen LogP contribution < -0.4 is 20.3 Å². The van der Waals surface area contributed by atoms with E-state index >= 15 is 0 Å². The standard InChI is InChI=1S/C22H25Cl2N3O2S/c23-16-6-11-20(19(24)15-16)29-14-4-5-21(28)26-22(30)25-17-7-9-18(10-8-17)27-12-2-1-3-13-27/h6-11,15H,1-5,12-14H2,(H2,25,26,28,30). The molecule has 2 aromatic carbocycles. The van der Waals surface area contributed by atoms with Gasteiger partial charge in [-0.3, -0.25) is 4.79 Å². The Morgan fingerprint density at radius 2 is 1.80 bits per heavy atom. The molecule has 0 bridgehead atoms. The zero-order valence-corrected chi connectivity index (χ0v) is 19.0. The summed E-state index contributed by atoms with van der Waals surface area (Å²) in [7, 11) is 0. The van der Waals surface area contributed by atoms with Crippen LogP contribution in [0.5, 0.6) is 5.75 Å². The second-order valence-corrected chi connectivity index (χ2v) is 8.38. The molecule has 1 amide bonds. The predicted octanol–water partition coefficient (Wildman–Crippen LogP) is 5.66. The van der Waals surface area contributed by atoms with Gasteiger partial charge in [-0.05, 0) is 80.4 Å². The minimum Gasteiger partial charge on any atom is -0.492 e. The molecule has 0 spiro atoms. The molecule has 3 rings (SSSR count). The zero-order valence-electron chi connectivity index (χ0n) is 16.6. The minimum atomic E-state index is -0.164. The van der Waals surface area contributed by atoms with Gasteiger partial charge in [0.25, 0.3) is 0 Å². The van der Waals surface area contributed by atoms with Crippen molar-refractivity contribution in [3.8, 4) is 5.75 Å². The third-order valence-electron chi connectivity index (χ3n) is 4.80. The average Bonchev–Trinajstić information content (AvgIpc) is 2.73. The second-order valence-electron chi connectivity index (χ2n) is 7.12. The average molecular weight is 466 g/mol. The summed E-state index contributed by atoms with van der Waals surface area (Å²) in [5, 5.41) is 7.03. The fourth-order valence-electron chi connectivity index (χ4n) is 3.27. The van der Waals surface area contributed by atoms with Crippen molar-refractivity contribution in [3.05, 3.63) is 52.5 Å². The van der Waals surface area contributed by atoms with Gasteiger partial charge in [-0.1, -0.05) is 23.2 Å². The van der Waals surface area contributed by atoms with Crippen LogP contribution in [-0.2, 0) is 4.79 Å². The van der Waals surface area contributed by atoms with Gasteiger partial charge in [0.1, 0.15) is 5.75 Å². The summed E-state index contributed by atoms with van der Waals surface area (Å²) in [6.07, 6.45) is 4.63. The van der Waals surface area contributed by atoms with Gasteiger partial charge in [-0.2, -0.15) is 0 Å². The number of anilines is 2. The maximum Gasteiger partial charge on any atom is 0.226 e. The van der Waals surface area contributed by atoms with E-state index in [0.29, 0.717) is 35.2 Å². The summed E-state index contributed by atoms with van der Waals surface area (Å²) in [4.78, 5) is 14.5. The fraction of sp³-hybridized carbons (Fsp3) is 0.364. The number of rotatable bonds is 7. The van der Waals surface area contributed by atoms with Crippen LogP contribution in [0, 0.1) is 0 Å².